The Labute approximate surface area is 207 Å². The van der Waals surface area contributed by atoms with Crippen molar-refractivity contribution < 1.29 is 4.39 Å². The first kappa shape index (κ1) is 22.1. The third-order valence-electron chi connectivity index (χ3n) is 6.18. The molecule has 0 aliphatic heterocycles. The van der Waals surface area contributed by atoms with Gasteiger partial charge in [0.2, 0.25) is 0 Å². The predicted octanol–water partition coefficient (Wildman–Crippen LogP) is 4.35. The summed E-state index contributed by atoms with van der Waals surface area (Å²) in [4.78, 5) is 26.3. The fourth-order valence-corrected chi connectivity index (χ4v) is 5.43. The van der Waals surface area contributed by atoms with Gasteiger partial charge in [0.25, 0.3) is 5.56 Å². The van der Waals surface area contributed by atoms with Crippen molar-refractivity contribution in [3.63, 3.8) is 0 Å². The Bertz CT molecular complexity index is 1870. The van der Waals surface area contributed by atoms with E-state index < -0.39 is 5.82 Å². The van der Waals surface area contributed by atoms with E-state index in [-0.39, 0.29) is 23.5 Å². The van der Waals surface area contributed by atoms with Gasteiger partial charge in [0.1, 0.15) is 23.7 Å². The predicted molar refractivity (Wildman–Crippen MR) is 140 cm³/mol. The number of nitrogens with two attached hydrogens (primary N) is 2. The molecule has 0 spiro atoms. The van der Waals surface area contributed by atoms with Crippen LogP contribution in [-0.4, -0.2) is 29.3 Å². The van der Waals surface area contributed by atoms with E-state index in [0.29, 0.717) is 38.8 Å². The average Bonchev–Trinajstić information content (AvgIpc) is 3.38. The molecule has 180 valence electrons. The van der Waals surface area contributed by atoms with Crippen LogP contribution >= 0.6 is 11.3 Å². The molecule has 0 bridgehead atoms. The molecule has 9 nitrogen and oxygen atoms in total. The van der Waals surface area contributed by atoms with Crippen LogP contribution < -0.4 is 17.0 Å². The Hall–Kier alpha value is -4.38. The minimum absolute atomic E-state index is 0.0738. The van der Waals surface area contributed by atoms with Gasteiger partial charge in [0.15, 0.2) is 10.8 Å². The summed E-state index contributed by atoms with van der Waals surface area (Å²) in [7, 11) is 0. The zero-order valence-electron chi connectivity index (χ0n) is 19.4. The topological polar surface area (TPSA) is 131 Å². The van der Waals surface area contributed by atoms with Gasteiger partial charge in [0.05, 0.1) is 27.5 Å². The molecule has 6 rings (SSSR count). The van der Waals surface area contributed by atoms with E-state index in [0.717, 1.165) is 15.8 Å². The second-order valence-corrected chi connectivity index (χ2v) is 9.87. The van der Waals surface area contributed by atoms with Gasteiger partial charge in [-0.05, 0) is 43.5 Å². The molecule has 0 saturated heterocycles. The lowest BCUT2D eigenvalue weighted by molar-refractivity contribution is 0.531. The lowest BCUT2D eigenvalue weighted by Crippen LogP contribution is -2.27. The van der Waals surface area contributed by atoms with Crippen molar-refractivity contribution in [2.75, 3.05) is 11.5 Å². The number of aromatic nitrogens is 6. The van der Waals surface area contributed by atoms with Crippen molar-refractivity contribution in [3.8, 4) is 11.3 Å². The van der Waals surface area contributed by atoms with Crippen LogP contribution in [-0.2, 0) is 6.54 Å². The van der Waals surface area contributed by atoms with Gasteiger partial charge >= 0.3 is 0 Å². The van der Waals surface area contributed by atoms with Gasteiger partial charge in [-0.2, -0.15) is 5.10 Å². The normalized spacial score (nSPS) is 11.9. The number of nitrogens with zero attached hydrogens (tertiary/aromatic N) is 6. The van der Waals surface area contributed by atoms with Crippen molar-refractivity contribution >= 4 is 54.3 Å². The lowest BCUT2D eigenvalue weighted by Gasteiger charge is -2.18. The van der Waals surface area contributed by atoms with E-state index in [9.17, 15) is 9.18 Å². The molecule has 0 atom stereocenters. The maximum atomic E-state index is 14.5. The van der Waals surface area contributed by atoms with E-state index in [1.165, 1.54) is 23.7 Å². The summed E-state index contributed by atoms with van der Waals surface area (Å²) in [6, 6.07) is 12.0. The van der Waals surface area contributed by atoms with Crippen LogP contribution in [0.3, 0.4) is 0 Å². The summed E-state index contributed by atoms with van der Waals surface area (Å²) in [5, 5.41) is 6.56. The van der Waals surface area contributed by atoms with Crippen molar-refractivity contribution in [2.45, 2.75) is 26.4 Å². The van der Waals surface area contributed by atoms with E-state index >= 15 is 0 Å². The van der Waals surface area contributed by atoms with Crippen LogP contribution in [0.25, 0.3) is 43.3 Å². The Balaban J connectivity index is 1.57. The van der Waals surface area contributed by atoms with Crippen molar-refractivity contribution in [3.05, 3.63) is 70.7 Å². The molecule has 4 aromatic heterocycles. The van der Waals surface area contributed by atoms with Gasteiger partial charge in [-0.3, -0.25) is 4.79 Å². The third-order valence-corrected chi connectivity index (χ3v) is 7.02. The van der Waals surface area contributed by atoms with Crippen LogP contribution in [0.15, 0.2) is 53.6 Å². The SMILES string of the molecule is CC(C)n1c(Cn2nc(-c3ccc4nc(N)sc4c3)c3c(N)ncnc32)cc2cccc(F)c2c1=O. The first-order valence-electron chi connectivity index (χ1n) is 11.3. The highest BCUT2D eigenvalue weighted by molar-refractivity contribution is 7.22. The minimum atomic E-state index is -0.537. The molecule has 0 unspecified atom stereocenters. The fourth-order valence-electron chi connectivity index (χ4n) is 4.66. The molecule has 0 aliphatic rings. The highest BCUT2D eigenvalue weighted by Gasteiger charge is 2.21. The first-order chi connectivity index (χ1) is 17.3. The molecule has 36 heavy (non-hydrogen) atoms. The molecular weight excluding hydrogens is 479 g/mol. The van der Waals surface area contributed by atoms with Gasteiger partial charge < -0.3 is 16.0 Å². The number of anilines is 2. The minimum Gasteiger partial charge on any atom is -0.383 e. The molecule has 0 saturated carbocycles. The van der Waals surface area contributed by atoms with E-state index in [2.05, 4.69) is 15.0 Å². The number of pyridine rings is 1. The van der Waals surface area contributed by atoms with Crippen LogP contribution in [0.1, 0.15) is 25.6 Å². The fraction of sp³-hybridized carbons (Fsp3) is 0.160. The molecule has 4 N–H and O–H groups in total. The van der Waals surface area contributed by atoms with Crippen LogP contribution in [0, 0.1) is 5.82 Å². The number of hydrogen-bond acceptors (Lipinski definition) is 8. The van der Waals surface area contributed by atoms with Crippen molar-refractivity contribution in [2.24, 2.45) is 0 Å². The summed E-state index contributed by atoms with van der Waals surface area (Å²) in [5.41, 5.74) is 15.2. The Morgan fingerprint density at radius 3 is 2.72 bits per heavy atom. The molecule has 2 aromatic carbocycles. The smallest absolute Gasteiger partial charge is 0.261 e. The number of rotatable bonds is 4. The summed E-state index contributed by atoms with van der Waals surface area (Å²) in [5.74, 6) is -0.239. The van der Waals surface area contributed by atoms with E-state index in [4.69, 9.17) is 16.6 Å². The molecule has 0 aliphatic carbocycles. The largest absolute Gasteiger partial charge is 0.383 e. The number of benzene rings is 2. The molecular formula is C25H21FN8OS. The van der Waals surface area contributed by atoms with Crippen molar-refractivity contribution in [1.82, 2.24) is 29.3 Å². The molecule has 0 radical (unpaired) electrons. The molecule has 0 fully saturated rings. The number of hydrogen-bond donors (Lipinski definition) is 2. The highest BCUT2D eigenvalue weighted by Crippen LogP contribution is 2.34. The van der Waals surface area contributed by atoms with Crippen LogP contribution in [0.4, 0.5) is 15.3 Å². The second-order valence-electron chi connectivity index (χ2n) is 8.81. The Morgan fingerprint density at radius 1 is 1.08 bits per heavy atom. The monoisotopic (exact) mass is 500 g/mol. The second kappa shape index (κ2) is 8.09. The van der Waals surface area contributed by atoms with E-state index in [1.807, 2.05) is 38.1 Å². The van der Waals surface area contributed by atoms with Gasteiger partial charge in [-0.1, -0.05) is 29.5 Å². The summed E-state index contributed by atoms with van der Waals surface area (Å²) < 4.78 is 18.8. The number of halogens is 1. The number of fused-ring (bicyclic) bond motifs is 3. The van der Waals surface area contributed by atoms with Crippen LogP contribution in [0.2, 0.25) is 0 Å². The molecule has 6 aromatic rings. The quantitative estimate of drug-likeness (QED) is 0.368. The third kappa shape index (κ3) is 3.39. The van der Waals surface area contributed by atoms with E-state index in [1.54, 1.807) is 21.4 Å². The summed E-state index contributed by atoms with van der Waals surface area (Å²) in [6.45, 7) is 4.00. The lowest BCUT2D eigenvalue weighted by atomic mass is 10.1. The molecule has 11 heteroatoms. The van der Waals surface area contributed by atoms with Crippen molar-refractivity contribution in [1.29, 1.82) is 0 Å². The maximum absolute atomic E-state index is 14.5. The standard InChI is InChI=1S/C25H21FN8OS/c1-12(2)34-15(8-13-4-3-5-16(26)19(13)24(34)35)10-33-23-20(22(27)29-11-30-23)21(32-33)14-6-7-17-18(9-14)36-25(28)31-17/h3-9,11-12H,10H2,1-2H3,(H2,28,31)(H2,27,29,30). The Morgan fingerprint density at radius 2 is 1.92 bits per heavy atom. The summed E-state index contributed by atoms with van der Waals surface area (Å²) >= 11 is 1.39. The van der Waals surface area contributed by atoms with Gasteiger partial charge in [-0.25, -0.2) is 24.0 Å². The number of nitrogen functional groups attached to an aromatic ring is 2. The number of thiazole rings is 1. The zero-order chi connectivity index (χ0) is 25.1. The summed E-state index contributed by atoms with van der Waals surface area (Å²) in [6.07, 6.45) is 1.39. The van der Waals surface area contributed by atoms with Gasteiger partial charge in [-0.15, -0.1) is 0 Å². The van der Waals surface area contributed by atoms with Gasteiger partial charge in [0, 0.05) is 17.3 Å². The molecule has 4 heterocycles. The highest BCUT2D eigenvalue weighted by atomic mass is 32.1. The maximum Gasteiger partial charge on any atom is 0.261 e. The zero-order valence-corrected chi connectivity index (χ0v) is 20.3. The molecule has 0 amide bonds. The van der Waals surface area contributed by atoms with Crippen LogP contribution in [0.5, 0.6) is 0 Å². The Kier molecular flexibility index (Phi) is 4.97. The average molecular weight is 501 g/mol. The first-order valence-corrected chi connectivity index (χ1v) is 12.1.